The second-order valence-corrected chi connectivity index (χ2v) is 10.1. The number of benzene rings is 3. The first-order chi connectivity index (χ1) is 18.7. The molecule has 0 saturated heterocycles. The van der Waals surface area contributed by atoms with E-state index in [9.17, 15) is 14.4 Å². The molecule has 3 aromatic carbocycles. The lowest BCUT2D eigenvalue weighted by Crippen LogP contribution is -2.41. The normalized spacial score (nSPS) is 12.7. The van der Waals surface area contributed by atoms with Gasteiger partial charge < -0.3 is 9.64 Å². The molecule has 7 nitrogen and oxygen atoms in total. The van der Waals surface area contributed by atoms with Crippen LogP contribution in [0.4, 0.5) is 5.69 Å². The van der Waals surface area contributed by atoms with E-state index in [2.05, 4.69) is 4.98 Å². The average Bonchev–Trinajstić information content (AvgIpc) is 3.17. The minimum Gasteiger partial charge on any atom is -0.487 e. The van der Waals surface area contributed by atoms with Crippen molar-refractivity contribution in [3.63, 3.8) is 0 Å². The fourth-order valence-corrected chi connectivity index (χ4v) is 5.30. The Bertz CT molecular complexity index is 1620. The summed E-state index contributed by atoms with van der Waals surface area (Å²) in [7, 11) is 1.52. The summed E-state index contributed by atoms with van der Waals surface area (Å²) in [6.45, 7) is 1.56. The maximum Gasteiger partial charge on any atom is 0.262 e. The van der Waals surface area contributed by atoms with E-state index in [-0.39, 0.29) is 22.8 Å². The third-order valence-electron chi connectivity index (χ3n) is 6.61. The molecule has 0 bridgehead atoms. The average molecular weight is 583 g/mol. The number of nitrogens with zero attached hydrogens (tertiary/aromatic N) is 3. The quantitative estimate of drug-likeness (QED) is 0.230. The fourth-order valence-electron chi connectivity index (χ4n) is 4.41. The highest BCUT2D eigenvalue weighted by Crippen LogP contribution is 2.36. The van der Waals surface area contributed by atoms with Crippen LogP contribution in [-0.2, 0) is 17.8 Å². The molecule has 0 saturated carbocycles. The van der Waals surface area contributed by atoms with Gasteiger partial charge in [0.1, 0.15) is 24.4 Å². The summed E-state index contributed by atoms with van der Waals surface area (Å²) >= 11 is 19.6. The van der Waals surface area contributed by atoms with E-state index in [1.165, 1.54) is 11.9 Å². The first-order valence-electron chi connectivity index (χ1n) is 12.1. The SMILES string of the molecule is CCc1cc(Cl)c2cccc(OCc3c(Cl)ccc(N(C)C(=O)CN4C(=O)c5ccccc5C4=O)c3Cl)c2n1. The number of amides is 3. The molecule has 1 aliphatic heterocycles. The molecule has 5 rings (SSSR count). The number of carbonyl (C=O) groups is 3. The van der Waals surface area contributed by atoms with Gasteiger partial charge in [0.25, 0.3) is 11.8 Å². The largest absolute Gasteiger partial charge is 0.487 e. The van der Waals surface area contributed by atoms with E-state index >= 15 is 0 Å². The van der Waals surface area contributed by atoms with Gasteiger partial charge in [0.05, 0.1) is 26.9 Å². The number of fused-ring (bicyclic) bond motifs is 2. The number of rotatable bonds is 7. The zero-order valence-electron chi connectivity index (χ0n) is 21.0. The van der Waals surface area contributed by atoms with Gasteiger partial charge in [0.2, 0.25) is 5.91 Å². The van der Waals surface area contributed by atoms with Crippen LogP contribution in [0.5, 0.6) is 5.75 Å². The van der Waals surface area contributed by atoms with Gasteiger partial charge in [-0.1, -0.05) is 66.0 Å². The molecule has 0 fully saturated rings. The summed E-state index contributed by atoms with van der Waals surface area (Å²) in [6.07, 6.45) is 0.713. The van der Waals surface area contributed by atoms with Crippen molar-refractivity contribution in [2.24, 2.45) is 0 Å². The van der Waals surface area contributed by atoms with Gasteiger partial charge in [0, 0.05) is 28.7 Å². The molecule has 0 atom stereocenters. The van der Waals surface area contributed by atoms with Gasteiger partial charge >= 0.3 is 0 Å². The van der Waals surface area contributed by atoms with Gasteiger partial charge in [-0.25, -0.2) is 4.98 Å². The van der Waals surface area contributed by atoms with Crippen LogP contribution < -0.4 is 9.64 Å². The second kappa shape index (κ2) is 10.8. The highest BCUT2D eigenvalue weighted by molar-refractivity contribution is 6.38. The number of aromatic nitrogens is 1. The van der Waals surface area contributed by atoms with Gasteiger partial charge in [-0.3, -0.25) is 19.3 Å². The van der Waals surface area contributed by atoms with Gasteiger partial charge in [-0.05, 0) is 42.8 Å². The van der Waals surface area contributed by atoms with E-state index in [1.807, 2.05) is 25.1 Å². The zero-order valence-corrected chi connectivity index (χ0v) is 23.3. The molecular weight excluding hydrogens is 561 g/mol. The van der Waals surface area contributed by atoms with Crippen molar-refractivity contribution in [2.45, 2.75) is 20.0 Å². The summed E-state index contributed by atoms with van der Waals surface area (Å²) in [5, 5.41) is 1.90. The van der Waals surface area contributed by atoms with Crippen molar-refractivity contribution in [1.82, 2.24) is 9.88 Å². The zero-order chi connectivity index (χ0) is 27.8. The maximum absolute atomic E-state index is 13.1. The Balaban J connectivity index is 1.37. The van der Waals surface area contributed by atoms with E-state index in [0.717, 1.165) is 16.0 Å². The Kier molecular flexibility index (Phi) is 7.49. The van der Waals surface area contributed by atoms with Crippen molar-refractivity contribution in [1.29, 1.82) is 0 Å². The lowest BCUT2D eigenvalue weighted by Gasteiger charge is -2.23. The van der Waals surface area contributed by atoms with E-state index < -0.39 is 24.3 Å². The number of likely N-dealkylation sites (N-methyl/N-ethyl adjacent to an activating group) is 1. The minimum absolute atomic E-state index is 0.000703. The first kappa shape index (κ1) is 26.9. The highest BCUT2D eigenvalue weighted by atomic mass is 35.5. The van der Waals surface area contributed by atoms with Crippen LogP contribution in [0.3, 0.4) is 0 Å². The molecule has 4 aromatic rings. The van der Waals surface area contributed by atoms with Crippen LogP contribution in [-0.4, -0.2) is 41.2 Å². The van der Waals surface area contributed by atoms with Crippen LogP contribution in [0.25, 0.3) is 10.9 Å². The van der Waals surface area contributed by atoms with Crippen molar-refractivity contribution in [2.75, 3.05) is 18.5 Å². The number of ether oxygens (including phenoxy) is 1. The van der Waals surface area contributed by atoms with Gasteiger partial charge in [-0.15, -0.1) is 0 Å². The van der Waals surface area contributed by atoms with Crippen LogP contribution in [0.1, 0.15) is 38.9 Å². The Labute approximate surface area is 239 Å². The Morgan fingerprint density at radius 1 is 0.949 bits per heavy atom. The number of hydrogen-bond donors (Lipinski definition) is 0. The number of hydrogen-bond acceptors (Lipinski definition) is 5. The number of anilines is 1. The summed E-state index contributed by atoms with van der Waals surface area (Å²) in [4.78, 5) is 45.4. The molecule has 1 aromatic heterocycles. The third-order valence-corrected chi connectivity index (χ3v) is 7.70. The predicted molar refractivity (Wildman–Crippen MR) is 152 cm³/mol. The van der Waals surface area contributed by atoms with Crippen molar-refractivity contribution < 1.29 is 19.1 Å². The van der Waals surface area contributed by atoms with E-state index in [0.29, 0.717) is 39.0 Å². The molecule has 10 heteroatoms. The molecule has 198 valence electrons. The Hall–Kier alpha value is -3.65. The van der Waals surface area contributed by atoms with Gasteiger partial charge in [0.15, 0.2) is 0 Å². The fraction of sp³-hybridized carbons (Fsp3) is 0.172. The molecule has 0 unspecified atom stereocenters. The summed E-state index contributed by atoms with van der Waals surface area (Å²) in [5.41, 5.74) is 2.83. The number of pyridine rings is 1. The lowest BCUT2D eigenvalue weighted by atomic mass is 10.1. The number of carbonyl (C=O) groups excluding carboxylic acids is 3. The number of aryl methyl sites for hydroxylation is 1. The molecule has 0 N–H and O–H groups in total. The van der Waals surface area contributed by atoms with Gasteiger partial charge in [-0.2, -0.15) is 0 Å². The Morgan fingerprint density at radius 3 is 2.31 bits per heavy atom. The van der Waals surface area contributed by atoms with E-state index in [4.69, 9.17) is 39.5 Å². The van der Waals surface area contributed by atoms with Crippen LogP contribution in [0.2, 0.25) is 15.1 Å². The summed E-state index contributed by atoms with van der Waals surface area (Å²) in [6, 6.07) is 17.0. The summed E-state index contributed by atoms with van der Waals surface area (Å²) < 4.78 is 6.10. The van der Waals surface area contributed by atoms with Crippen LogP contribution >= 0.6 is 34.8 Å². The molecule has 3 amide bonds. The number of halogens is 3. The molecule has 1 aliphatic rings. The van der Waals surface area contributed by atoms with Crippen LogP contribution in [0.15, 0.2) is 60.7 Å². The summed E-state index contributed by atoms with van der Waals surface area (Å²) in [5.74, 6) is -1.01. The maximum atomic E-state index is 13.1. The molecule has 0 spiro atoms. The second-order valence-electron chi connectivity index (χ2n) is 8.94. The Morgan fingerprint density at radius 2 is 1.64 bits per heavy atom. The number of para-hydroxylation sites is 1. The smallest absolute Gasteiger partial charge is 0.262 e. The molecule has 2 heterocycles. The molecule has 0 radical (unpaired) electrons. The third kappa shape index (κ3) is 4.93. The first-order valence-corrected chi connectivity index (χ1v) is 13.2. The predicted octanol–water partition coefficient (Wildman–Crippen LogP) is 6.60. The monoisotopic (exact) mass is 581 g/mol. The van der Waals surface area contributed by atoms with Crippen molar-refractivity contribution in [3.8, 4) is 5.75 Å². The van der Waals surface area contributed by atoms with E-state index in [1.54, 1.807) is 42.5 Å². The molecule has 39 heavy (non-hydrogen) atoms. The standard InChI is InChI=1S/C29H22Cl3N3O4/c1-3-16-13-22(31)19-9-6-10-24(27(19)33-16)39-15-20-21(30)11-12-23(26(20)32)34(2)25(36)14-35-28(37)17-7-4-5-8-18(17)29(35)38/h4-13H,3,14-15H2,1-2H3. The minimum atomic E-state index is -0.510. The van der Waals surface area contributed by atoms with Crippen molar-refractivity contribution >= 4 is 69.1 Å². The number of imide groups is 1. The molecule has 0 aliphatic carbocycles. The highest BCUT2D eigenvalue weighted by Gasteiger charge is 2.37. The topological polar surface area (TPSA) is 79.8 Å². The van der Waals surface area contributed by atoms with Crippen molar-refractivity contribution in [3.05, 3.63) is 98.1 Å². The molecular formula is C29H22Cl3N3O4. The lowest BCUT2D eigenvalue weighted by molar-refractivity contribution is -0.118. The van der Waals surface area contributed by atoms with Crippen LogP contribution in [0, 0.1) is 0 Å².